The van der Waals surface area contributed by atoms with Crippen LogP contribution in [0, 0.1) is 23.7 Å². The predicted octanol–water partition coefficient (Wildman–Crippen LogP) is 4.88. The van der Waals surface area contributed by atoms with E-state index in [1.807, 2.05) is 0 Å². The highest BCUT2D eigenvalue weighted by Gasteiger charge is 2.59. The molecule has 4 bridgehead atoms. The topological polar surface area (TPSA) is 26.3 Å². The highest BCUT2D eigenvalue weighted by atomic mass is 16.6. The zero-order valence-corrected chi connectivity index (χ0v) is 13.7. The molecule has 0 aromatic rings. The van der Waals surface area contributed by atoms with Crippen molar-refractivity contribution >= 4 is 5.97 Å². The van der Waals surface area contributed by atoms with Gasteiger partial charge in [-0.05, 0) is 75.5 Å². The van der Waals surface area contributed by atoms with Crippen LogP contribution in [0.3, 0.4) is 0 Å². The molecule has 0 radical (unpaired) electrons. The maximum atomic E-state index is 12.3. The number of unbranched alkanes of at least 4 members (excludes halogenated alkanes) is 2. The standard InChI is InChI=1S/C19H30O2/c1-4-5-6-7-19(21-18(20)13(2)3)16-9-14-8-15(11-16)12-17(19)10-14/h14-17H,2,4-12H2,1,3H3. The summed E-state index contributed by atoms with van der Waals surface area (Å²) in [6.07, 6.45) is 11.4. The van der Waals surface area contributed by atoms with Crippen molar-refractivity contribution in [3.8, 4) is 0 Å². The molecule has 2 heteroatoms. The maximum Gasteiger partial charge on any atom is 0.333 e. The van der Waals surface area contributed by atoms with Crippen LogP contribution in [0.15, 0.2) is 12.2 Å². The van der Waals surface area contributed by atoms with Gasteiger partial charge in [0.05, 0.1) is 0 Å². The van der Waals surface area contributed by atoms with Crippen molar-refractivity contribution in [1.82, 2.24) is 0 Å². The zero-order valence-electron chi connectivity index (χ0n) is 13.7. The predicted molar refractivity (Wildman–Crippen MR) is 84.8 cm³/mol. The van der Waals surface area contributed by atoms with Crippen LogP contribution in [0.5, 0.6) is 0 Å². The van der Waals surface area contributed by atoms with Crippen molar-refractivity contribution in [2.75, 3.05) is 0 Å². The summed E-state index contributed by atoms with van der Waals surface area (Å²) in [7, 11) is 0. The number of rotatable bonds is 6. The second kappa shape index (κ2) is 5.78. The van der Waals surface area contributed by atoms with Gasteiger partial charge in [0.25, 0.3) is 0 Å². The number of hydrogen-bond donors (Lipinski definition) is 0. The van der Waals surface area contributed by atoms with E-state index in [-0.39, 0.29) is 11.6 Å². The minimum absolute atomic E-state index is 0.154. The molecule has 0 aliphatic heterocycles. The minimum atomic E-state index is -0.154. The van der Waals surface area contributed by atoms with Crippen LogP contribution >= 0.6 is 0 Å². The highest BCUT2D eigenvalue weighted by Crippen LogP contribution is 2.61. The van der Waals surface area contributed by atoms with E-state index in [9.17, 15) is 4.79 Å². The van der Waals surface area contributed by atoms with Crippen molar-refractivity contribution in [1.29, 1.82) is 0 Å². The Bertz CT molecular complexity index is 395. The summed E-state index contributed by atoms with van der Waals surface area (Å²) in [4.78, 5) is 12.3. The highest BCUT2D eigenvalue weighted by molar-refractivity contribution is 5.87. The molecule has 0 heterocycles. The molecule has 0 unspecified atom stereocenters. The Morgan fingerprint density at radius 1 is 1.10 bits per heavy atom. The summed E-state index contributed by atoms with van der Waals surface area (Å²) in [5.74, 6) is 2.91. The molecule has 0 atom stereocenters. The van der Waals surface area contributed by atoms with Crippen molar-refractivity contribution < 1.29 is 9.53 Å². The lowest BCUT2D eigenvalue weighted by atomic mass is 9.49. The summed E-state index contributed by atoms with van der Waals surface area (Å²) in [6, 6.07) is 0. The fourth-order valence-electron chi connectivity index (χ4n) is 5.52. The molecule has 4 aliphatic carbocycles. The van der Waals surface area contributed by atoms with Crippen LogP contribution < -0.4 is 0 Å². The van der Waals surface area contributed by atoms with Crippen LogP contribution in [0.1, 0.15) is 71.6 Å². The van der Waals surface area contributed by atoms with Crippen molar-refractivity contribution in [2.24, 2.45) is 23.7 Å². The van der Waals surface area contributed by atoms with Gasteiger partial charge < -0.3 is 4.74 Å². The van der Waals surface area contributed by atoms with E-state index in [0.29, 0.717) is 17.4 Å². The van der Waals surface area contributed by atoms with Gasteiger partial charge >= 0.3 is 5.97 Å². The SMILES string of the molecule is C=C(C)C(=O)OC1(CCCCC)C2CC3CC(C2)CC1C3. The largest absolute Gasteiger partial charge is 0.455 e. The molecule has 0 aromatic carbocycles. The molecule has 0 amide bonds. The van der Waals surface area contributed by atoms with Gasteiger partial charge in [-0.2, -0.15) is 0 Å². The molecule has 0 aromatic heterocycles. The molecule has 0 N–H and O–H groups in total. The first-order valence-corrected chi connectivity index (χ1v) is 8.94. The fraction of sp³-hybridized carbons (Fsp3) is 0.842. The number of hydrogen-bond acceptors (Lipinski definition) is 2. The first-order valence-electron chi connectivity index (χ1n) is 8.94. The van der Waals surface area contributed by atoms with Gasteiger partial charge in [0.1, 0.15) is 5.60 Å². The Kier molecular flexibility index (Phi) is 4.16. The van der Waals surface area contributed by atoms with Crippen LogP contribution in [0.25, 0.3) is 0 Å². The van der Waals surface area contributed by atoms with E-state index in [2.05, 4.69) is 13.5 Å². The van der Waals surface area contributed by atoms with Crippen LogP contribution in [-0.4, -0.2) is 11.6 Å². The lowest BCUT2D eigenvalue weighted by Crippen LogP contribution is -2.59. The molecule has 21 heavy (non-hydrogen) atoms. The van der Waals surface area contributed by atoms with Gasteiger partial charge in [-0.1, -0.05) is 26.3 Å². The molecule has 0 spiro atoms. The van der Waals surface area contributed by atoms with E-state index in [0.717, 1.165) is 18.3 Å². The molecule has 118 valence electrons. The van der Waals surface area contributed by atoms with Gasteiger partial charge in [0.15, 0.2) is 0 Å². The van der Waals surface area contributed by atoms with E-state index >= 15 is 0 Å². The molecule has 4 aliphatic rings. The molecular formula is C19H30O2. The van der Waals surface area contributed by atoms with Crippen molar-refractivity contribution in [3.05, 3.63) is 12.2 Å². The molecule has 0 saturated heterocycles. The Hall–Kier alpha value is -0.790. The third-order valence-corrected chi connectivity index (χ3v) is 6.32. The zero-order chi connectivity index (χ0) is 15.0. The average Bonchev–Trinajstić information content (AvgIpc) is 2.43. The van der Waals surface area contributed by atoms with Gasteiger partial charge in [-0.15, -0.1) is 0 Å². The van der Waals surface area contributed by atoms with Crippen LogP contribution in [0.2, 0.25) is 0 Å². The lowest BCUT2D eigenvalue weighted by Gasteiger charge is -2.60. The molecular weight excluding hydrogens is 260 g/mol. The summed E-state index contributed by atoms with van der Waals surface area (Å²) < 4.78 is 6.18. The summed E-state index contributed by atoms with van der Waals surface area (Å²) in [5, 5.41) is 0. The number of carbonyl (C=O) groups is 1. The van der Waals surface area contributed by atoms with Crippen molar-refractivity contribution in [2.45, 2.75) is 77.2 Å². The Balaban J connectivity index is 1.81. The quantitative estimate of drug-likeness (QED) is 0.396. The van der Waals surface area contributed by atoms with E-state index in [1.54, 1.807) is 6.92 Å². The van der Waals surface area contributed by atoms with E-state index in [4.69, 9.17) is 4.74 Å². The third-order valence-electron chi connectivity index (χ3n) is 6.32. The Labute approximate surface area is 129 Å². The van der Waals surface area contributed by atoms with Crippen LogP contribution in [-0.2, 0) is 9.53 Å². The lowest BCUT2D eigenvalue weighted by molar-refractivity contribution is -0.209. The molecule has 4 fully saturated rings. The first-order chi connectivity index (χ1) is 10.0. The molecule has 4 rings (SSSR count). The first kappa shape index (κ1) is 15.1. The molecule has 4 saturated carbocycles. The Morgan fingerprint density at radius 2 is 1.67 bits per heavy atom. The smallest absolute Gasteiger partial charge is 0.333 e. The number of esters is 1. The monoisotopic (exact) mass is 290 g/mol. The second-order valence-electron chi connectivity index (χ2n) is 7.89. The van der Waals surface area contributed by atoms with Crippen molar-refractivity contribution in [3.63, 3.8) is 0 Å². The average molecular weight is 290 g/mol. The van der Waals surface area contributed by atoms with Crippen LogP contribution in [0.4, 0.5) is 0 Å². The fourth-order valence-corrected chi connectivity index (χ4v) is 5.52. The minimum Gasteiger partial charge on any atom is -0.455 e. The summed E-state index contributed by atoms with van der Waals surface area (Å²) in [6.45, 7) is 7.81. The van der Waals surface area contributed by atoms with Gasteiger partial charge in [-0.3, -0.25) is 0 Å². The van der Waals surface area contributed by atoms with Gasteiger partial charge in [0.2, 0.25) is 0 Å². The van der Waals surface area contributed by atoms with Gasteiger partial charge in [-0.25, -0.2) is 4.79 Å². The van der Waals surface area contributed by atoms with Gasteiger partial charge in [0, 0.05) is 5.57 Å². The summed E-state index contributed by atoms with van der Waals surface area (Å²) >= 11 is 0. The maximum absolute atomic E-state index is 12.3. The molecule has 2 nitrogen and oxygen atoms in total. The Morgan fingerprint density at radius 3 is 2.14 bits per heavy atom. The third kappa shape index (κ3) is 2.66. The van der Waals surface area contributed by atoms with E-state index in [1.165, 1.54) is 51.4 Å². The number of ether oxygens (including phenoxy) is 1. The second-order valence-corrected chi connectivity index (χ2v) is 7.89. The summed E-state index contributed by atoms with van der Waals surface area (Å²) in [5.41, 5.74) is 0.400. The van der Waals surface area contributed by atoms with E-state index < -0.39 is 0 Å². The normalized spacial score (nSPS) is 40.3. The number of carbonyl (C=O) groups excluding carboxylic acids is 1.